The second-order valence-electron chi connectivity index (χ2n) is 4.87. The van der Waals surface area contributed by atoms with Crippen LogP contribution >= 0.6 is 0 Å². The molecule has 0 spiro atoms. The summed E-state index contributed by atoms with van der Waals surface area (Å²) in [6.07, 6.45) is 1.37. The van der Waals surface area contributed by atoms with E-state index in [1.165, 1.54) is 6.08 Å². The summed E-state index contributed by atoms with van der Waals surface area (Å²) in [6.45, 7) is 3.79. The van der Waals surface area contributed by atoms with E-state index in [1.54, 1.807) is 50.2 Å². The second-order valence-corrected chi connectivity index (χ2v) is 4.87. The Kier molecular flexibility index (Phi) is 5.53. The van der Waals surface area contributed by atoms with Crippen molar-refractivity contribution in [3.05, 3.63) is 59.1 Å². The number of hydrogen-bond donors (Lipinski definition) is 1. The zero-order chi connectivity index (χ0) is 17.5. The molecule has 0 saturated heterocycles. The van der Waals surface area contributed by atoms with Crippen molar-refractivity contribution >= 4 is 23.6 Å². The molecular formula is C18H16N2O4. The number of nitrogens with zero attached hydrogens (tertiary/aromatic N) is 1. The van der Waals surface area contributed by atoms with E-state index >= 15 is 0 Å². The fraction of sp³-hybridized carbons (Fsp3) is 0.167. The minimum atomic E-state index is -0.560. The van der Waals surface area contributed by atoms with Crippen LogP contribution in [0.5, 0.6) is 0 Å². The molecule has 0 aliphatic carbocycles. The normalized spacial score (nSPS) is 10.8. The molecule has 1 heterocycles. The van der Waals surface area contributed by atoms with E-state index in [0.29, 0.717) is 29.4 Å². The van der Waals surface area contributed by atoms with E-state index in [9.17, 15) is 9.59 Å². The number of furan rings is 1. The Morgan fingerprint density at radius 3 is 2.50 bits per heavy atom. The molecule has 0 radical (unpaired) electrons. The zero-order valence-corrected chi connectivity index (χ0v) is 13.3. The topological polar surface area (TPSA) is 92.3 Å². The van der Waals surface area contributed by atoms with E-state index < -0.39 is 11.9 Å². The number of ether oxygens (including phenoxy) is 1. The van der Waals surface area contributed by atoms with Gasteiger partial charge in [0.05, 0.1) is 12.2 Å². The van der Waals surface area contributed by atoms with Crippen molar-refractivity contribution in [3.8, 4) is 6.07 Å². The summed E-state index contributed by atoms with van der Waals surface area (Å²) in [4.78, 5) is 23.7. The van der Waals surface area contributed by atoms with Gasteiger partial charge in [0.25, 0.3) is 5.91 Å². The number of hydrogen-bond acceptors (Lipinski definition) is 5. The lowest BCUT2D eigenvalue weighted by atomic mass is 10.2. The van der Waals surface area contributed by atoms with Crippen molar-refractivity contribution in [1.82, 2.24) is 0 Å². The summed E-state index contributed by atoms with van der Waals surface area (Å²) in [7, 11) is 0. The van der Waals surface area contributed by atoms with Crippen molar-refractivity contribution < 1.29 is 18.7 Å². The number of aryl methyl sites for hydroxylation is 1. The molecule has 1 amide bonds. The number of nitriles is 1. The van der Waals surface area contributed by atoms with Gasteiger partial charge < -0.3 is 14.5 Å². The Hall–Kier alpha value is -3.33. The van der Waals surface area contributed by atoms with Crippen molar-refractivity contribution in [1.29, 1.82) is 5.26 Å². The zero-order valence-electron chi connectivity index (χ0n) is 13.3. The van der Waals surface area contributed by atoms with Crippen molar-refractivity contribution in [2.75, 3.05) is 11.9 Å². The minimum Gasteiger partial charge on any atom is -0.462 e. The van der Waals surface area contributed by atoms with Crippen LogP contribution in [-0.4, -0.2) is 18.5 Å². The van der Waals surface area contributed by atoms with Gasteiger partial charge in [-0.05, 0) is 50.2 Å². The van der Waals surface area contributed by atoms with Crippen LogP contribution in [0.25, 0.3) is 6.08 Å². The van der Waals surface area contributed by atoms with Gasteiger partial charge in [0, 0.05) is 11.8 Å². The molecule has 0 bridgehead atoms. The minimum absolute atomic E-state index is 0.0844. The third-order valence-electron chi connectivity index (χ3n) is 3.07. The molecule has 1 N–H and O–H groups in total. The average Bonchev–Trinajstić information content (AvgIpc) is 2.98. The van der Waals surface area contributed by atoms with Crippen molar-refractivity contribution in [3.63, 3.8) is 0 Å². The fourth-order valence-corrected chi connectivity index (χ4v) is 1.92. The fourth-order valence-electron chi connectivity index (χ4n) is 1.92. The Balaban J connectivity index is 2.09. The molecule has 0 saturated carbocycles. The summed E-state index contributed by atoms with van der Waals surface area (Å²) in [6, 6.07) is 11.5. The lowest BCUT2D eigenvalue weighted by Crippen LogP contribution is -2.13. The number of rotatable bonds is 5. The third-order valence-corrected chi connectivity index (χ3v) is 3.07. The summed E-state index contributed by atoms with van der Waals surface area (Å²) in [5.41, 5.74) is 0.764. The quantitative estimate of drug-likeness (QED) is 0.517. The highest BCUT2D eigenvalue weighted by molar-refractivity contribution is 6.09. The molecular weight excluding hydrogens is 308 g/mol. The standard InChI is InChI=1S/C18H16N2O4/c1-3-23-18(22)13-5-7-15(8-6-13)20-17(21)14(11-19)10-16-9-4-12(2)24-16/h4-10H,3H2,1-2H3,(H,20,21)/b14-10-. The first kappa shape index (κ1) is 17.0. The first-order chi connectivity index (χ1) is 11.5. The lowest BCUT2D eigenvalue weighted by Gasteiger charge is -2.05. The van der Waals surface area contributed by atoms with Gasteiger partial charge >= 0.3 is 5.97 Å². The number of carbonyl (C=O) groups excluding carboxylic acids is 2. The van der Waals surface area contributed by atoms with E-state index in [4.69, 9.17) is 14.4 Å². The predicted molar refractivity (Wildman–Crippen MR) is 88.1 cm³/mol. The van der Waals surface area contributed by atoms with Gasteiger partial charge in [-0.15, -0.1) is 0 Å². The maximum absolute atomic E-state index is 12.1. The molecule has 0 fully saturated rings. The maximum atomic E-state index is 12.1. The Morgan fingerprint density at radius 2 is 1.96 bits per heavy atom. The van der Waals surface area contributed by atoms with Gasteiger partial charge in [-0.25, -0.2) is 4.79 Å². The van der Waals surface area contributed by atoms with Gasteiger partial charge in [-0.1, -0.05) is 0 Å². The van der Waals surface area contributed by atoms with E-state index in [1.807, 2.05) is 6.07 Å². The van der Waals surface area contributed by atoms with Gasteiger partial charge in [-0.2, -0.15) is 5.26 Å². The van der Waals surface area contributed by atoms with E-state index in [0.717, 1.165) is 0 Å². The van der Waals surface area contributed by atoms with Gasteiger partial charge in [-0.3, -0.25) is 4.79 Å². The molecule has 1 aromatic heterocycles. The number of nitrogens with one attached hydrogen (secondary N) is 1. The molecule has 0 atom stereocenters. The van der Waals surface area contributed by atoms with Crippen LogP contribution < -0.4 is 5.32 Å². The maximum Gasteiger partial charge on any atom is 0.338 e. The van der Waals surface area contributed by atoms with Gasteiger partial charge in [0.1, 0.15) is 23.2 Å². The molecule has 6 nitrogen and oxygen atoms in total. The lowest BCUT2D eigenvalue weighted by molar-refractivity contribution is -0.112. The van der Waals surface area contributed by atoms with Crippen LogP contribution in [0.2, 0.25) is 0 Å². The van der Waals surface area contributed by atoms with E-state index in [2.05, 4.69) is 5.32 Å². The van der Waals surface area contributed by atoms with Gasteiger partial charge in [0.2, 0.25) is 0 Å². The second kappa shape index (κ2) is 7.79. The molecule has 1 aromatic carbocycles. The van der Waals surface area contributed by atoms with E-state index in [-0.39, 0.29) is 5.57 Å². The number of esters is 1. The summed E-state index contributed by atoms with van der Waals surface area (Å²) in [5.74, 6) is 0.127. The average molecular weight is 324 g/mol. The number of benzene rings is 1. The highest BCUT2D eigenvalue weighted by atomic mass is 16.5. The Labute approximate surface area is 139 Å². The Bertz CT molecular complexity index is 810. The summed E-state index contributed by atoms with van der Waals surface area (Å²) in [5, 5.41) is 11.7. The van der Waals surface area contributed by atoms with Crippen molar-refractivity contribution in [2.45, 2.75) is 13.8 Å². The molecule has 2 aromatic rings. The predicted octanol–water partition coefficient (Wildman–Crippen LogP) is 3.31. The number of anilines is 1. The first-order valence-electron chi connectivity index (χ1n) is 7.30. The molecule has 0 aliphatic heterocycles. The third kappa shape index (κ3) is 4.34. The van der Waals surface area contributed by atoms with Gasteiger partial charge in [0.15, 0.2) is 0 Å². The molecule has 2 rings (SSSR count). The molecule has 24 heavy (non-hydrogen) atoms. The molecule has 6 heteroatoms. The molecule has 0 unspecified atom stereocenters. The summed E-state index contributed by atoms with van der Waals surface area (Å²) >= 11 is 0. The van der Waals surface area contributed by atoms with Crippen molar-refractivity contribution in [2.24, 2.45) is 0 Å². The first-order valence-corrected chi connectivity index (χ1v) is 7.30. The Morgan fingerprint density at radius 1 is 1.25 bits per heavy atom. The van der Waals surface area contributed by atoms with Crippen LogP contribution in [0.3, 0.4) is 0 Å². The smallest absolute Gasteiger partial charge is 0.338 e. The SMILES string of the molecule is CCOC(=O)c1ccc(NC(=O)/C(C#N)=C\c2ccc(C)o2)cc1. The van der Waals surface area contributed by atoms with Crippen LogP contribution in [0, 0.1) is 18.3 Å². The number of carbonyl (C=O) groups is 2. The summed E-state index contributed by atoms with van der Waals surface area (Å²) < 4.78 is 10.2. The highest BCUT2D eigenvalue weighted by Gasteiger charge is 2.12. The largest absolute Gasteiger partial charge is 0.462 e. The van der Waals surface area contributed by atoms with Crippen LogP contribution in [0.1, 0.15) is 28.8 Å². The monoisotopic (exact) mass is 324 g/mol. The molecule has 0 aliphatic rings. The van der Waals surface area contributed by atoms with Crippen LogP contribution in [0.15, 0.2) is 46.4 Å². The number of amides is 1. The highest BCUT2D eigenvalue weighted by Crippen LogP contribution is 2.14. The van der Waals surface area contributed by atoms with Crippen LogP contribution in [-0.2, 0) is 9.53 Å². The molecule has 122 valence electrons. The van der Waals surface area contributed by atoms with Crippen LogP contribution in [0.4, 0.5) is 5.69 Å².